The summed E-state index contributed by atoms with van der Waals surface area (Å²) in [6.45, 7) is 2.12. The number of hydrogen-bond donors (Lipinski definition) is 1. The number of pyridine rings is 1. The lowest BCUT2D eigenvalue weighted by Gasteiger charge is -2.08. The molecule has 1 amide bonds. The van der Waals surface area contributed by atoms with Crippen molar-refractivity contribution in [2.45, 2.75) is 13.5 Å². The number of aromatic nitrogens is 2. The number of nitrogens with zero attached hydrogens (tertiary/aromatic N) is 2. The highest BCUT2D eigenvalue weighted by Gasteiger charge is 2.14. The zero-order valence-corrected chi connectivity index (χ0v) is 12.2. The van der Waals surface area contributed by atoms with Crippen molar-refractivity contribution in [3.8, 4) is 10.6 Å². The summed E-state index contributed by atoms with van der Waals surface area (Å²) in [4.78, 5) is 17.6. The zero-order chi connectivity index (χ0) is 14.7. The minimum Gasteiger partial charge on any atom is -0.361 e. The summed E-state index contributed by atoms with van der Waals surface area (Å²) in [6, 6.07) is 7.83. The minimum atomic E-state index is -0.199. The van der Waals surface area contributed by atoms with Gasteiger partial charge in [0, 0.05) is 12.7 Å². The van der Waals surface area contributed by atoms with E-state index in [1.807, 2.05) is 29.6 Å². The molecule has 3 aromatic rings. The summed E-state index contributed by atoms with van der Waals surface area (Å²) in [5.41, 5.74) is 2.33. The van der Waals surface area contributed by atoms with Crippen LogP contribution in [0.5, 0.6) is 0 Å². The SMILES string of the molecule is Cc1oncc1C(=O)NCc1cccnc1-c1cccs1. The molecule has 106 valence electrons. The maximum atomic E-state index is 12.1. The van der Waals surface area contributed by atoms with Crippen molar-refractivity contribution in [2.75, 3.05) is 0 Å². The van der Waals surface area contributed by atoms with E-state index >= 15 is 0 Å². The Morgan fingerprint density at radius 1 is 1.38 bits per heavy atom. The monoisotopic (exact) mass is 299 g/mol. The van der Waals surface area contributed by atoms with Crippen LogP contribution in [-0.2, 0) is 6.54 Å². The van der Waals surface area contributed by atoms with Gasteiger partial charge in [0.05, 0.1) is 16.8 Å². The third-order valence-electron chi connectivity index (χ3n) is 3.08. The van der Waals surface area contributed by atoms with Gasteiger partial charge in [-0.25, -0.2) is 0 Å². The minimum absolute atomic E-state index is 0.199. The highest BCUT2D eigenvalue weighted by Crippen LogP contribution is 2.25. The van der Waals surface area contributed by atoms with Crippen LogP contribution in [0.2, 0.25) is 0 Å². The average molecular weight is 299 g/mol. The summed E-state index contributed by atoms with van der Waals surface area (Å²) >= 11 is 1.62. The molecule has 1 N–H and O–H groups in total. The van der Waals surface area contributed by atoms with Gasteiger partial charge in [-0.05, 0) is 30.0 Å². The largest absolute Gasteiger partial charge is 0.361 e. The molecule has 0 atom stereocenters. The number of rotatable bonds is 4. The average Bonchev–Trinajstić information content (AvgIpc) is 3.16. The fraction of sp³-hybridized carbons (Fsp3) is 0.133. The van der Waals surface area contributed by atoms with Gasteiger partial charge < -0.3 is 9.84 Å². The standard InChI is InChI=1S/C15H13N3O2S/c1-10-12(9-18-20-10)15(19)17-8-11-4-2-6-16-14(11)13-5-3-7-21-13/h2-7,9H,8H2,1H3,(H,17,19). The fourth-order valence-electron chi connectivity index (χ4n) is 2.00. The Labute approximate surface area is 125 Å². The van der Waals surface area contributed by atoms with E-state index in [1.54, 1.807) is 24.5 Å². The van der Waals surface area contributed by atoms with E-state index in [0.717, 1.165) is 16.1 Å². The second kappa shape index (κ2) is 5.88. The molecule has 0 saturated carbocycles. The Hall–Kier alpha value is -2.47. The first-order valence-electron chi connectivity index (χ1n) is 6.43. The first-order chi connectivity index (χ1) is 10.3. The molecule has 6 heteroatoms. The van der Waals surface area contributed by atoms with Crippen LogP contribution >= 0.6 is 11.3 Å². The molecule has 0 radical (unpaired) electrons. The predicted octanol–water partition coefficient (Wildman–Crippen LogP) is 3.04. The molecule has 3 aromatic heterocycles. The molecule has 0 fully saturated rings. The zero-order valence-electron chi connectivity index (χ0n) is 11.4. The highest BCUT2D eigenvalue weighted by atomic mass is 32.1. The van der Waals surface area contributed by atoms with Crippen molar-refractivity contribution < 1.29 is 9.32 Å². The molecular weight excluding hydrogens is 286 g/mol. The predicted molar refractivity (Wildman–Crippen MR) is 80.0 cm³/mol. The maximum absolute atomic E-state index is 12.1. The number of amides is 1. The van der Waals surface area contributed by atoms with Crippen LogP contribution in [-0.4, -0.2) is 16.0 Å². The van der Waals surface area contributed by atoms with Crippen LogP contribution in [0.15, 0.2) is 46.6 Å². The van der Waals surface area contributed by atoms with E-state index in [4.69, 9.17) is 4.52 Å². The Morgan fingerprint density at radius 2 is 2.29 bits per heavy atom. The molecule has 0 unspecified atom stereocenters. The summed E-state index contributed by atoms with van der Waals surface area (Å²) in [5.74, 6) is 0.312. The van der Waals surface area contributed by atoms with Crippen molar-refractivity contribution in [3.63, 3.8) is 0 Å². The van der Waals surface area contributed by atoms with Crippen molar-refractivity contribution in [2.24, 2.45) is 0 Å². The van der Waals surface area contributed by atoms with Gasteiger partial charge in [-0.3, -0.25) is 9.78 Å². The number of hydrogen-bond acceptors (Lipinski definition) is 5. The van der Waals surface area contributed by atoms with Crippen LogP contribution in [0.25, 0.3) is 10.6 Å². The molecule has 21 heavy (non-hydrogen) atoms. The second-order valence-electron chi connectivity index (χ2n) is 4.47. The molecular formula is C15H13N3O2S. The quantitative estimate of drug-likeness (QED) is 0.804. The van der Waals surface area contributed by atoms with E-state index in [1.165, 1.54) is 6.20 Å². The summed E-state index contributed by atoms with van der Waals surface area (Å²) in [7, 11) is 0. The Balaban J connectivity index is 1.77. The third-order valence-corrected chi connectivity index (χ3v) is 3.96. The Kier molecular flexibility index (Phi) is 3.79. The molecule has 3 rings (SSSR count). The summed E-state index contributed by atoms with van der Waals surface area (Å²) < 4.78 is 4.90. The number of carbonyl (C=O) groups is 1. The van der Waals surface area contributed by atoms with Crippen LogP contribution < -0.4 is 5.32 Å². The molecule has 5 nitrogen and oxygen atoms in total. The van der Waals surface area contributed by atoms with Gasteiger partial charge in [0.2, 0.25) is 0 Å². The Bertz CT molecular complexity index is 750. The molecule has 0 aromatic carbocycles. The summed E-state index contributed by atoms with van der Waals surface area (Å²) in [5, 5.41) is 8.49. The van der Waals surface area contributed by atoms with Gasteiger partial charge in [0.25, 0.3) is 5.91 Å². The summed E-state index contributed by atoms with van der Waals surface area (Å²) in [6.07, 6.45) is 3.18. The van der Waals surface area contributed by atoms with Gasteiger partial charge in [-0.2, -0.15) is 0 Å². The molecule has 0 spiro atoms. The van der Waals surface area contributed by atoms with Gasteiger partial charge in [0.15, 0.2) is 0 Å². The van der Waals surface area contributed by atoms with Crippen molar-refractivity contribution in [1.29, 1.82) is 0 Å². The number of nitrogens with one attached hydrogen (secondary N) is 1. The smallest absolute Gasteiger partial charge is 0.256 e. The van der Waals surface area contributed by atoms with E-state index in [0.29, 0.717) is 17.9 Å². The highest BCUT2D eigenvalue weighted by molar-refractivity contribution is 7.13. The number of carbonyl (C=O) groups excluding carboxylic acids is 1. The van der Waals surface area contributed by atoms with E-state index in [-0.39, 0.29) is 5.91 Å². The van der Waals surface area contributed by atoms with Gasteiger partial charge in [0.1, 0.15) is 11.3 Å². The third kappa shape index (κ3) is 2.85. The molecule has 0 aliphatic heterocycles. The number of aryl methyl sites for hydroxylation is 1. The molecule has 0 aliphatic carbocycles. The van der Waals surface area contributed by atoms with Crippen LogP contribution in [0.3, 0.4) is 0 Å². The normalized spacial score (nSPS) is 10.5. The molecule has 0 aliphatic rings. The number of thiophene rings is 1. The van der Waals surface area contributed by atoms with E-state index in [9.17, 15) is 4.79 Å². The Morgan fingerprint density at radius 3 is 3.00 bits per heavy atom. The van der Waals surface area contributed by atoms with E-state index in [2.05, 4.69) is 15.5 Å². The topological polar surface area (TPSA) is 68.0 Å². The van der Waals surface area contributed by atoms with E-state index < -0.39 is 0 Å². The fourth-order valence-corrected chi connectivity index (χ4v) is 2.76. The first kappa shape index (κ1) is 13.5. The molecule has 3 heterocycles. The lowest BCUT2D eigenvalue weighted by atomic mass is 10.1. The van der Waals surface area contributed by atoms with Crippen molar-refractivity contribution in [1.82, 2.24) is 15.5 Å². The van der Waals surface area contributed by atoms with Gasteiger partial charge in [-0.15, -0.1) is 11.3 Å². The lowest BCUT2D eigenvalue weighted by molar-refractivity contribution is 0.0949. The van der Waals surface area contributed by atoms with Crippen molar-refractivity contribution in [3.05, 3.63) is 58.9 Å². The second-order valence-corrected chi connectivity index (χ2v) is 5.41. The van der Waals surface area contributed by atoms with Crippen LogP contribution in [0, 0.1) is 6.92 Å². The van der Waals surface area contributed by atoms with Crippen LogP contribution in [0.1, 0.15) is 21.7 Å². The van der Waals surface area contributed by atoms with Gasteiger partial charge >= 0.3 is 0 Å². The molecule has 0 saturated heterocycles. The first-order valence-corrected chi connectivity index (χ1v) is 7.31. The van der Waals surface area contributed by atoms with Crippen molar-refractivity contribution >= 4 is 17.2 Å². The molecule has 0 bridgehead atoms. The van der Waals surface area contributed by atoms with Gasteiger partial charge in [-0.1, -0.05) is 17.3 Å². The van der Waals surface area contributed by atoms with Crippen LogP contribution in [0.4, 0.5) is 0 Å². The maximum Gasteiger partial charge on any atom is 0.256 e. The lowest BCUT2D eigenvalue weighted by Crippen LogP contribution is -2.23.